The molecule has 1 atom stereocenters. The van der Waals surface area contributed by atoms with Crippen molar-refractivity contribution >= 4 is 17.3 Å². The Morgan fingerprint density at radius 2 is 2.05 bits per heavy atom. The van der Waals surface area contributed by atoms with Gasteiger partial charge in [-0.15, -0.1) is 0 Å². The zero-order chi connectivity index (χ0) is 15.3. The van der Waals surface area contributed by atoms with E-state index in [0.29, 0.717) is 11.6 Å². The summed E-state index contributed by atoms with van der Waals surface area (Å²) in [5.74, 6) is 5.39. The number of nitrogens with two attached hydrogens (primary N) is 1. The van der Waals surface area contributed by atoms with E-state index in [1.54, 1.807) is 0 Å². The van der Waals surface area contributed by atoms with Crippen LogP contribution in [0.4, 0.5) is 11.4 Å². The van der Waals surface area contributed by atoms with Crippen LogP contribution in [0.1, 0.15) is 37.6 Å². The topological polar surface area (TPSA) is 110 Å². The Balaban J connectivity index is 2.95. The van der Waals surface area contributed by atoms with Gasteiger partial charge in [-0.3, -0.25) is 20.8 Å². The van der Waals surface area contributed by atoms with Crippen molar-refractivity contribution in [3.05, 3.63) is 33.9 Å². The van der Waals surface area contributed by atoms with E-state index >= 15 is 0 Å². The average Bonchev–Trinajstić information content (AvgIpc) is 2.36. The second kappa shape index (κ2) is 6.85. The van der Waals surface area contributed by atoms with E-state index in [1.807, 2.05) is 6.92 Å². The monoisotopic (exact) mass is 280 g/mol. The molecule has 0 aliphatic rings. The summed E-state index contributed by atoms with van der Waals surface area (Å²) in [5, 5.41) is 13.6. The molecule has 0 fully saturated rings. The molecule has 0 saturated heterocycles. The first-order chi connectivity index (χ1) is 9.35. The Morgan fingerprint density at radius 1 is 1.40 bits per heavy atom. The lowest BCUT2D eigenvalue weighted by atomic mass is 10.0. The van der Waals surface area contributed by atoms with Crippen LogP contribution in [-0.4, -0.2) is 16.9 Å². The van der Waals surface area contributed by atoms with Crippen molar-refractivity contribution in [1.82, 2.24) is 5.32 Å². The molecule has 0 spiro atoms. The molecular weight excluding hydrogens is 260 g/mol. The summed E-state index contributed by atoms with van der Waals surface area (Å²) >= 11 is 0. The molecule has 0 bridgehead atoms. The summed E-state index contributed by atoms with van der Waals surface area (Å²) in [5.41, 5.74) is 2.74. The Hall–Kier alpha value is -2.15. The van der Waals surface area contributed by atoms with Crippen LogP contribution in [0.2, 0.25) is 0 Å². The molecule has 7 nitrogen and oxygen atoms in total. The van der Waals surface area contributed by atoms with Crippen molar-refractivity contribution in [2.75, 3.05) is 5.43 Å². The number of nitrogens with one attached hydrogen (secondary N) is 2. The lowest BCUT2D eigenvalue weighted by molar-refractivity contribution is -0.384. The molecule has 4 N–H and O–H groups in total. The molecule has 110 valence electrons. The first-order valence-corrected chi connectivity index (χ1v) is 6.41. The first kappa shape index (κ1) is 15.9. The number of amides is 1. The number of carbonyl (C=O) groups is 1. The smallest absolute Gasteiger partial charge is 0.270 e. The van der Waals surface area contributed by atoms with E-state index in [9.17, 15) is 14.9 Å². The first-order valence-electron chi connectivity index (χ1n) is 6.41. The van der Waals surface area contributed by atoms with Crippen molar-refractivity contribution in [1.29, 1.82) is 0 Å². The summed E-state index contributed by atoms with van der Waals surface area (Å²) in [6.45, 7) is 6.01. The van der Waals surface area contributed by atoms with Crippen LogP contribution < -0.4 is 16.6 Å². The van der Waals surface area contributed by atoms with E-state index in [1.165, 1.54) is 18.2 Å². The van der Waals surface area contributed by atoms with Gasteiger partial charge < -0.3 is 10.7 Å². The molecule has 0 aliphatic carbocycles. The summed E-state index contributed by atoms with van der Waals surface area (Å²) < 4.78 is 0. The number of hydrogen-bond acceptors (Lipinski definition) is 5. The zero-order valence-corrected chi connectivity index (χ0v) is 11.8. The highest BCUT2D eigenvalue weighted by Gasteiger charge is 2.18. The number of rotatable bonds is 6. The highest BCUT2D eigenvalue weighted by atomic mass is 16.6. The third-order valence-electron chi connectivity index (χ3n) is 2.82. The SMILES string of the molecule is CC(C)CC(C)NC(=O)c1cc([N+](=O)[O-])ccc1NN. The van der Waals surface area contributed by atoms with E-state index in [2.05, 4.69) is 24.6 Å². The van der Waals surface area contributed by atoms with E-state index < -0.39 is 4.92 Å². The molecule has 0 radical (unpaired) electrons. The number of hydrazine groups is 1. The Morgan fingerprint density at radius 3 is 2.55 bits per heavy atom. The predicted octanol–water partition coefficient (Wildman–Crippen LogP) is 2.04. The van der Waals surface area contributed by atoms with Gasteiger partial charge in [0.2, 0.25) is 0 Å². The third-order valence-corrected chi connectivity index (χ3v) is 2.82. The minimum atomic E-state index is -0.547. The molecule has 20 heavy (non-hydrogen) atoms. The zero-order valence-electron chi connectivity index (χ0n) is 11.8. The molecule has 0 aromatic heterocycles. The lowest BCUT2D eigenvalue weighted by Gasteiger charge is -2.17. The lowest BCUT2D eigenvalue weighted by Crippen LogP contribution is -2.34. The van der Waals surface area contributed by atoms with Crippen LogP contribution in [-0.2, 0) is 0 Å². The molecule has 1 unspecified atom stereocenters. The number of nitro groups is 1. The van der Waals surface area contributed by atoms with Crippen LogP contribution in [0, 0.1) is 16.0 Å². The summed E-state index contributed by atoms with van der Waals surface area (Å²) in [7, 11) is 0. The summed E-state index contributed by atoms with van der Waals surface area (Å²) in [6, 6.07) is 3.91. The van der Waals surface area contributed by atoms with Gasteiger partial charge in [-0.2, -0.15) is 0 Å². The Labute approximate surface area is 117 Å². The van der Waals surface area contributed by atoms with Gasteiger partial charge in [0.1, 0.15) is 0 Å². The number of non-ortho nitro benzene ring substituents is 1. The quantitative estimate of drug-likeness (QED) is 0.419. The molecule has 1 amide bonds. The number of benzene rings is 1. The fourth-order valence-electron chi connectivity index (χ4n) is 2.03. The Bertz CT molecular complexity index is 502. The minimum absolute atomic E-state index is 0.0209. The normalized spacial score (nSPS) is 12.1. The standard InChI is InChI=1S/C13H20N4O3/c1-8(2)6-9(3)15-13(18)11-7-10(17(19)20)4-5-12(11)16-14/h4-5,7-9,16H,6,14H2,1-3H3,(H,15,18). The molecule has 0 aliphatic heterocycles. The number of nitro benzene ring substituents is 1. The molecule has 1 aromatic rings. The van der Waals surface area contributed by atoms with Crippen molar-refractivity contribution in [2.24, 2.45) is 11.8 Å². The fourth-order valence-corrected chi connectivity index (χ4v) is 2.03. The average molecular weight is 280 g/mol. The minimum Gasteiger partial charge on any atom is -0.350 e. The molecule has 0 heterocycles. The maximum atomic E-state index is 12.2. The van der Waals surface area contributed by atoms with Gasteiger partial charge in [-0.05, 0) is 25.3 Å². The van der Waals surface area contributed by atoms with Crippen LogP contribution in [0.25, 0.3) is 0 Å². The van der Waals surface area contributed by atoms with Crippen molar-refractivity contribution in [2.45, 2.75) is 33.2 Å². The number of carbonyl (C=O) groups excluding carboxylic acids is 1. The van der Waals surface area contributed by atoms with Gasteiger partial charge in [0.15, 0.2) is 0 Å². The van der Waals surface area contributed by atoms with Crippen LogP contribution in [0.15, 0.2) is 18.2 Å². The number of hydrogen-bond donors (Lipinski definition) is 3. The van der Waals surface area contributed by atoms with Crippen molar-refractivity contribution < 1.29 is 9.72 Å². The Kier molecular flexibility index (Phi) is 5.45. The van der Waals surface area contributed by atoms with Crippen LogP contribution >= 0.6 is 0 Å². The molecular formula is C13H20N4O3. The van der Waals surface area contributed by atoms with Gasteiger partial charge in [-0.25, -0.2) is 0 Å². The van der Waals surface area contributed by atoms with E-state index in [4.69, 9.17) is 5.84 Å². The number of nitrogens with zero attached hydrogens (tertiary/aromatic N) is 1. The predicted molar refractivity (Wildman–Crippen MR) is 77.3 cm³/mol. The maximum Gasteiger partial charge on any atom is 0.270 e. The largest absolute Gasteiger partial charge is 0.350 e. The van der Waals surface area contributed by atoms with Gasteiger partial charge in [-0.1, -0.05) is 13.8 Å². The molecule has 0 saturated carbocycles. The highest BCUT2D eigenvalue weighted by molar-refractivity contribution is 6.00. The second-order valence-corrected chi connectivity index (χ2v) is 5.14. The van der Waals surface area contributed by atoms with Gasteiger partial charge in [0.25, 0.3) is 11.6 Å². The molecule has 7 heteroatoms. The van der Waals surface area contributed by atoms with Crippen molar-refractivity contribution in [3.8, 4) is 0 Å². The summed E-state index contributed by atoms with van der Waals surface area (Å²) in [4.78, 5) is 22.4. The van der Waals surface area contributed by atoms with Crippen molar-refractivity contribution in [3.63, 3.8) is 0 Å². The van der Waals surface area contributed by atoms with E-state index in [-0.39, 0.29) is 23.2 Å². The van der Waals surface area contributed by atoms with Crippen LogP contribution in [0.5, 0.6) is 0 Å². The number of nitrogen functional groups attached to an aromatic ring is 1. The highest BCUT2D eigenvalue weighted by Crippen LogP contribution is 2.21. The van der Waals surface area contributed by atoms with E-state index in [0.717, 1.165) is 6.42 Å². The van der Waals surface area contributed by atoms with Gasteiger partial charge in [0, 0.05) is 18.2 Å². The maximum absolute atomic E-state index is 12.2. The van der Waals surface area contributed by atoms with Gasteiger partial charge in [0.05, 0.1) is 16.2 Å². The van der Waals surface area contributed by atoms with Gasteiger partial charge >= 0.3 is 0 Å². The molecule has 1 rings (SSSR count). The summed E-state index contributed by atoms with van der Waals surface area (Å²) in [6.07, 6.45) is 0.825. The third kappa shape index (κ3) is 4.20. The molecule has 1 aromatic carbocycles. The second-order valence-electron chi connectivity index (χ2n) is 5.14. The fraction of sp³-hybridized carbons (Fsp3) is 0.462. The van der Waals surface area contributed by atoms with Crippen LogP contribution in [0.3, 0.4) is 0 Å². The number of anilines is 1.